The van der Waals surface area contributed by atoms with Crippen molar-refractivity contribution in [2.24, 2.45) is 5.14 Å². The lowest BCUT2D eigenvalue weighted by Crippen LogP contribution is -2.24. The summed E-state index contributed by atoms with van der Waals surface area (Å²) in [6.07, 6.45) is 0. The molecule has 29 heavy (non-hydrogen) atoms. The first-order chi connectivity index (χ1) is 13.8. The molecule has 0 bridgehead atoms. The number of nitrogens with two attached hydrogens (primary N) is 1. The molecule has 0 aliphatic rings. The van der Waals surface area contributed by atoms with Crippen molar-refractivity contribution in [3.05, 3.63) is 71.5 Å². The maximum atomic E-state index is 12.5. The van der Waals surface area contributed by atoms with E-state index in [1.165, 1.54) is 23.5 Å². The van der Waals surface area contributed by atoms with Crippen LogP contribution in [0.25, 0.3) is 21.0 Å². The molecular formula is C20H17N3O4S2. The molecule has 0 spiro atoms. The SMILES string of the molecule is Cc1ccc(S(N)(=O)=O)cc1C(=O)NCc1ccc(-c2nc3ccccc3s2)o1. The number of sulfonamides is 1. The molecule has 3 N–H and O–H groups in total. The van der Waals surface area contributed by atoms with Gasteiger partial charge in [0.15, 0.2) is 10.8 Å². The maximum Gasteiger partial charge on any atom is 0.251 e. The molecule has 0 radical (unpaired) electrons. The minimum absolute atomic E-state index is 0.107. The molecule has 1 amide bonds. The number of para-hydroxylation sites is 1. The van der Waals surface area contributed by atoms with Gasteiger partial charge in [-0.15, -0.1) is 11.3 Å². The Morgan fingerprint density at radius 2 is 1.97 bits per heavy atom. The minimum Gasteiger partial charge on any atom is -0.457 e. The van der Waals surface area contributed by atoms with Crippen molar-refractivity contribution in [3.8, 4) is 10.8 Å². The van der Waals surface area contributed by atoms with Crippen LogP contribution in [0.2, 0.25) is 0 Å². The number of aromatic nitrogens is 1. The lowest BCUT2D eigenvalue weighted by molar-refractivity contribution is 0.0947. The van der Waals surface area contributed by atoms with Crippen molar-refractivity contribution in [2.75, 3.05) is 0 Å². The molecule has 2 heterocycles. The topological polar surface area (TPSA) is 115 Å². The number of fused-ring (bicyclic) bond motifs is 1. The van der Waals surface area contributed by atoms with Gasteiger partial charge in [0.2, 0.25) is 10.0 Å². The molecule has 0 unspecified atom stereocenters. The molecule has 4 rings (SSSR count). The average Bonchev–Trinajstić information content (AvgIpc) is 3.32. The first kappa shape index (κ1) is 19.3. The zero-order valence-corrected chi connectivity index (χ0v) is 17.0. The number of amides is 1. The number of carbonyl (C=O) groups excluding carboxylic acids is 1. The van der Waals surface area contributed by atoms with Crippen LogP contribution in [0.15, 0.2) is 63.9 Å². The number of hydrogen-bond donors (Lipinski definition) is 2. The third-order valence-corrected chi connectivity index (χ3v) is 6.33. The molecule has 0 saturated heterocycles. The standard InChI is InChI=1S/C20H17N3O4S2/c1-12-6-8-14(29(21,25)26)10-15(12)19(24)22-11-13-7-9-17(27-13)20-23-16-4-2-3-5-18(16)28-20/h2-10H,11H2,1H3,(H,22,24)(H2,21,25,26). The Labute approximate surface area is 171 Å². The molecule has 0 aliphatic carbocycles. The molecule has 9 heteroatoms. The fraction of sp³-hybridized carbons (Fsp3) is 0.100. The molecule has 4 aromatic rings. The highest BCUT2D eigenvalue weighted by Crippen LogP contribution is 2.31. The molecule has 0 aliphatic heterocycles. The molecule has 0 saturated carbocycles. The van der Waals surface area contributed by atoms with E-state index in [-0.39, 0.29) is 17.0 Å². The Hall–Kier alpha value is -3.01. The van der Waals surface area contributed by atoms with Crippen LogP contribution in [0.5, 0.6) is 0 Å². The minimum atomic E-state index is -3.89. The third-order valence-electron chi connectivity index (χ3n) is 4.37. The van der Waals surface area contributed by atoms with Crippen LogP contribution in [0.1, 0.15) is 21.7 Å². The summed E-state index contributed by atoms with van der Waals surface area (Å²) < 4.78 is 29.9. The number of thiazole rings is 1. The summed E-state index contributed by atoms with van der Waals surface area (Å²) in [6.45, 7) is 1.88. The Balaban J connectivity index is 1.49. The Morgan fingerprint density at radius 3 is 2.72 bits per heavy atom. The van der Waals surface area contributed by atoms with Crippen molar-refractivity contribution < 1.29 is 17.6 Å². The van der Waals surface area contributed by atoms with Gasteiger partial charge < -0.3 is 9.73 Å². The van der Waals surface area contributed by atoms with Gasteiger partial charge in [0.05, 0.1) is 21.7 Å². The lowest BCUT2D eigenvalue weighted by atomic mass is 10.1. The fourth-order valence-corrected chi connectivity index (χ4v) is 4.32. The molecule has 0 fully saturated rings. The van der Waals surface area contributed by atoms with Crippen LogP contribution in [0.4, 0.5) is 0 Å². The van der Waals surface area contributed by atoms with Crippen molar-refractivity contribution in [1.82, 2.24) is 10.3 Å². The van der Waals surface area contributed by atoms with Crippen LogP contribution in [-0.2, 0) is 16.6 Å². The predicted molar refractivity (Wildman–Crippen MR) is 111 cm³/mol. The monoisotopic (exact) mass is 427 g/mol. The summed E-state index contributed by atoms with van der Waals surface area (Å²) in [5, 5.41) is 8.65. The number of nitrogens with one attached hydrogen (secondary N) is 1. The van der Waals surface area contributed by atoms with E-state index in [9.17, 15) is 13.2 Å². The summed E-state index contributed by atoms with van der Waals surface area (Å²) in [5.74, 6) is 0.779. The van der Waals surface area contributed by atoms with Crippen molar-refractivity contribution >= 4 is 37.5 Å². The number of carbonyl (C=O) groups is 1. The average molecular weight is 428 g/mol. The largest absolute Gasteiger partial charge is 0.457 e. The number of nitrogens with zero attached hydrogens (tertiary/aromatic N) is 1. The molecule has 0 atom stereocenters. The van der Waals surface area contributed by atoms with Gasteiger partial charge in [-0.25, -0.2) is 18.5 Å². The summed E-state index contributed by atoms with van der Waals surface area (Å²) in [7, 11) is -3.89. The van der Waals surface area contributed by atoms with Gasteiger partial charge in [0.1, 0.15) is 5.76 Å². The van der Waals surface area contributed by atoms with E-state index in [0.29, 0.717) is 17.1 Å². The van der Waals surface area contributed by atoms with E-state index >= 15 is 0 Å². The molecule has 2 aromatic carbocycles. The second kappa shape index (κ2) is 7.43. The van der Waals surface area contributed by atoms with Gasteiger partial charge in [0.25, 0.3) is 5.91 Å². The Kier molecular flexibility index (Phi) is 4.95. The van der Waals surface area contributed by atoms with Crippen molar-refractivity contribution in [3.63, 3.8) is 0 Å². The molecule has 148 valence electrons. The quantitative estimate of drug-likeness (QED) is 0.506. The highest BCUT2D eigenvalue weighted by molar-refractivity contribution is 7.89. The van der Waals surface area contributed by atoms with Crippen molar-refractivity contribution in [1.29, 1.82) is 0 Å². The van der Waals surface area contributed by atoms with Gasteiger partial charge in [0, 0.05) is 5.56 Å². The van der Waals surface area contributed by atoms with Crippen molar-refractivity contribution in [2.45, 2.75) is 18.4 Å². The highest BCUT2D eigenvalue weighted by atomic mass is 32.2. The zero-order valence-electron chi connectivity index (χ0n) is 15.4. The number of primary sulfonamides is 1. The van der Waals surface area contributed by atoms with Gasteiger partial charge in [-0.1, -0.05) is 18.2 Å². The summed E-state index contributed by atoms with van der Waals surface area (Å²) >= 11 is 1.53. The number of rotatable bonds is 5. The van der Waals surface area contributed by atoms with Gasteiger partial charge >= 0.3 is 0 Å². The maximum absolute atomic E-state index is 12.5. The zero-order chi connectivity index (χ0) is 20.6. The second-order valence-corrected chi connectivity index (χ2v) is 9.05. The van der Waals surface area contributed by atoms with Gasteiger partial charge in [-0.3, -0.25) is 4.79 Å². The number of furan rings is 1. The van der Waals surface area contributed by atoms with Crippen LogP contribution < -0.4 is 10.5 Å². The number of hydrogen-bond acceptors (Lipinski definition) is 6. The van der Waals surface area contributed by atoms with E-state index < -0.39 is 15.9 Å². The van der Waals surface area contributed by atoms with Crippen LogP contribution in [0.3, 0.4) is 0 Å². The second-order valence-electron chi connectivity index (χ2n) is 6.46. The van der Waals surface area contributed by atoms with E-state index in [1.807, 2.05) is 30.3 Å². The van der Waals surface area contributed by atoms with E-state index in [2.05, 4.69) is 10.3 Å². The van der Waals surface area contributed by atoms with E-state index in [4.69, 9.17) is 9.56 Å². The smallest absolute Gasteiger partial charge is 0.251 e. The normalized spacial score (nSPS) is 11.7. The molecule has 2 aromatic heterocycles. The summed E-state index contributed by atoms with van der Waals surface area (Å²) in [6, 6.07) is 15.6. The summed E-state index contributed by atoms with van der Waals surface area (Å²) in [4.78, 5) is 17.0. The van der Waals surface area contributed by atoms with Gasteiger partial charge in [-0.05, 0) is 48.9 Å². The number of benzene rings is 2. The first-order valence-electron chi connectivity index (χ1n) is 8.67. The first-order valence-corrected chi connectivity index (χ1v) is 11.0. The fourth-order valence-electron chi connectivity index (χ4n) is 2.85. The lowest BCUT2D eigenvalue weighted by Gasteiger charge is -2.08. The van der Waals surface area contributed by atoms with E-state index in [1.54, 1.807) is 19.1 Å². The predicted octanol–water partition coefficient (Wildman–Crippen LogP) is 3.44. The third kappa shape index (κ3) is 4.07. The summed E-state index contributed by atoms with van der Waals surface area (Å²) in [5.41, 5.74) is 1.79. The Bertz CT molecular complexity index is 1290. The van der Waals surface area contributed by atoms with Crippen LogP contribution in [-0.4, -0.2) is 19.3 Å². The highest BCUT2D eigenvalue weighted by Gasteiger charge is 2.16. The van der Waals surface area contributed by atoms with E-state index in [0.717, 1.165) is 15.2 Å². The van der Waals surface area contributed by atoms with Crippen LogP contribution >= 0.6 is 11.3 Å². The molecular weight excluding hydrogens is 410 g/mol. The number of aryl methyl sites for hydroxylation is 1. The van der Waals surface area contributed by atoms with Gasteiger partial charge in [-0.2, -0.15) is 0 Å². The van der Waals surface area contributed by atoms with Crippen LogP contribution in [0, 0.1) is 6.92 Å². The molecule has 7 nitrogen and oxygen atoms in total. The Morgan fingerprint density at radius 1 is 1.17 bits per heavy atom.